The van der Waals surface area contributed by atoms with Crippen molar-refractivity contribution in [1.82, 2.24) is 5.32 Å². The molecule has 1 aliphatic rings. The van der Waals surface area contributed by atoms with Crippen molar-refractivity contribution in [2.75, 3.05) is 19.0 Å². The van der Waals surface area contributed by atoms with Crippen LogP contribution >= 0.6 is 11.6 Å². The van der Waals surface area contributed by atoms with Gasteiger partial charge in [0.05, 0.1) is 12.5 Å². The van der Waals surface area contributed by atoms with E-state index in [1.807, 2.05) is 13.8 Å². The highest BCUT2D eigenvalue weighted by molar-refractivity contribution is 6.18. The summed E-state index contributed by atoms with van der Waals surface area (Å²) in [6.45, 7) is 5.49. The minimum absolute atomic E-state index is 0.0340. The van der Waals surface area contributed by atoms with E-state index in [-0.39, 0.29) is 17.4 Å². The number of hydrogen-bond acceptors (Lipinski definition) is 2. The van der Waals surface area contributed by atoms with Crippen LogP contribution < -0.4 is 5.32 Å². The molecular weight excluding hydrogens is 214 g/mol. The topological polar surface area (TPSA) is 38.3 Å². The fourth-order valence-electron chi connectivity index (χ4n) is 1.47. The Balaban J connectivity index is 2.18. The molecule has 1 fully saturated rings. The van der Waals surface area contributed by atoms with Gasteiger partial charge in [-0.1, -0.05) is 13.8 Å². The van der Waals surface area contributed by atoms with Gasteiger partial charge in [0.2, 0.25) is 5.91 Å². The number of carbonyl (C=O) groups excluding carboxylic acids is 1. The van der Waals surface area contributed by atoms with Crippen molar-refractivity contribution in [3.05, 3.63) is 0 Å². The van der Waals surface area contributed by atoms with Crippen LogP contribution in [0.2, 0.25) is 0 Å². The lowest BCUT2D eigenvalue weighted by Gasteiger charge is -2.22. The third-order valence-corrected chi connectivity index (χ3v) is 3.29. The average molecular weight is 234 g/mol. The van der Waals surface area contributed by atoms with Crippen molar-refractivity contribution in [1.29, 1.82) is 0 Å². The third-order valence-electron chi connectivity index (χ3n) is 2.56. The van der Waals surface area contributed by atoms with Gasteiger partial charge >= 0.3 is 0 Å². The summed E-state index contributed by atoms with van der Waals surface area (Å²) in [6, 6.07) is 0. The molecule has 0 radical (unpaired) electrons. The molecule has 0 aromatic heterocycles. The number of amides is 1. The summed E-state index contributed by atoms with van der Waals surface area (Å²) in [7, 11) is 0. The van der Waals surface area contributed by atoms with Gasteiger partial charge in [0.15, 0.2) is 0 Å². The molecule has 0 aliphatic carbocycles. The number of rotatable bonds is 5. The molecule has 1 unspecified atom stereocenters. The van der Waals surface area contributed by atoms with Gasteiger partial charge in [-0.3, -0.25) is 4.79 Å². The van der Waals surface area contributed by atoms with Crippen LogP contribution in [0, 0.1) is 5.41 Å². The second-order valence-electron chi connectivity index (χ2n) is 4.91. The Labute approximate surface area is 96.5 Å². The summed E-state index contributed by atoms with van der Waals surface area (Å²) < 4.78 is 5.39. The molecule has 0 spiro atoms. The van der Waals surface area contributed by atoms with E-state index >= 15 is 0 Å². The standard InChI is InChI=1S/C11H20ClNO2/c1-11(2,7-12)8-13-10(14)6-9-4-3-5-15-9/h9H,3-8H2,1-2H3,(H,13,14). The largest absolute Gasteiger partial charge is 0.378 e. The van der Waals surface area contributed by atoms with E-state index in [0.29, 0.717) is 18.8 Å². The number of carbonyl (C=O) groups is 1. The molecule has 1 saturated heterocycles. The molecule has 0 bridgehead atoms. The Bertz CT molecular complexity index is 213. The molecular formula is C11H20ClNO2. The van der Waals surface area contributed by atoms with Crippen molar-refractivity contribution < 1.29 is 9.53 Å². The van der Waals surface area contributed by atoms with Crippen LogP contribution in [0.3, 0.4) is 0 Å². The maximum atomic E-state index is 11.5. The monoisotopic (exact) mass is 233 g/mol. The van der Waals surface area contributed by atoms with Gasteiger partial charge in [0, 0.05) is 19.0 Å². The second-order valence-corrected chi connectivity index (χ2v) is 5.18. The van der Waals surface area contributed by atoms with Crippen LogP contribution in [0.5, 0.6) is 0 Å². The zero-order valence-corrected chi connectivity index (χ0v) is 10.3. The van der Waals surface area contributed by atoms with Crippen LogP contribution in [0.15, 0.2) is 0 Å². The van der Waals surface area contributed by atoms with E-state index in [1.165, 1.54) is 0 Å². The van der Waals surface area contributed by atoms with Crippen LogP contribution in [-0.2, 0) is 9.53 Å². The molecule has 3 nitrogen and oxygen atoms in total. The van der Waals surface area contributed by atoms with Crippen LogP contribution in [0.25, 0.3) is 0 Å². The number of hydrogen-bond donors (Lipinski definition) is 1. The Morgan fingerprint density at radius 2 is 2.33 bits per heavy atom. The summed E-state index contributed by atoms with van der Waals surface area (Å²) in [5.74, 6) is 0.618. The van der Waals surface area contributed by atoms with Gasteiger partial charge in [0.25, 0.3) is 0 Å². The number of alkyl halides is 1. The van der Waals surface area contributed by atoms with Crippen molar-refractivity contribution in [2.45, 2.75) is 39.2 Å². The van der Waals surface area contributed by atoms with Gasteiger partial charge in [-0.2, -0.15) is 0 Å². The predicted molar refractivity (Wildman–Crippen MR) is 61.1 cm³/mol. The molecule has 1 amide bonds. The van der Waals surface area contributed by atoms with E-state index in [2.05, 4.69) is 5.32 Å². The first-order valence-corrected chi connectivity index (χ1v) is 6.01. The first-order chi connectivity index (χ1) is 7.03. The van der Waals surface area contributed by atoms with Crippen molar-refractivity contribution in [3.8, 4) is 0 Å². The fraction of sp³-hybridized carbons (Fsp3) is 0.909. The van der Waals surface area contributed by atoms with E-state index in [1.54, 1.807) is 0 Å². The minimum atomic E-state index is -0.0340. The molecule has 1 atom stereocenters. The number of halogens is 1. The maximum absolute atomic E-state index is 11.5. The molecule has 1 rings (SSSR count). The minimum Gasteiger partial charge on any atom is -0.378 e. The lowest BCUT2D eigenvalue weighted by molar-refractivity contribution is -0.123. The van der Waals surface area contributed by atoms with Crippen molar-refractivity contribution >= 4 is 17.5 Å². The number of nitrogens with one attached hydrogen (secondary N) is 1. The maximum Gasteiger partial charge on any atom is 0.222 e. The summed E-state index contributed by atoms with van der Waals surface area (Å²) in [4.78, 5) is 11.5. The highest BCUT2D eigenvalue weighted by Gasteiger charge is 2.21. The summed E-state index contributed by atoms with van der Waals surface area (Å²) in [5, 5.41) is 2.90. The molecule has 88 valence electrons. The quantitative estimate of drug-likeness (QED) is 0.737. The Hall–Kier alpha value is -0.280. The first kappa shape index (κ1) is 12.8. The smallest absolute Gasteiger partial charge is 0.222 e. The predicted octanol–water partition coefficient (Wildman–Crippen LogP) is 1.94. The molecule has 0 aromatic carbocycles. The van der Waals surface area contributed by atoms with Crippen molar-refractivity contribution in [2.24, 2.45) is 5.41 Å². The van der Waals surface area contributed by atoms with E-state index in [4.69, 9.17) is 16.3 Å². The first-order valence-electron chi connectivity index (χ1n) is 5.48. The van der Waals surface area contributed by atoms with Crippen LogP contribution in [0.4, 0.5) is 0 Å². The fourth-order valence-corrected chi connectivity index (χ4v) is 1.56. The zero-order valence-electron chi connectivity index (χ0n) is 9.51. The molecule has 15 heavy (non-hydrogen) atoms. The van der Waals surface area contributed by atoms with Crippen LogP contribution in [-0.4, -0.2) is 31.0 Å². The Kier molecular flexibility index (Phi) is 4.87. The van der Waals surface area contributed by atoms with Gasteiger partial charge in [-0.05, 0) is 18.3 Å². The highest BCUT2D eigenvalue weighted by atomic mass is 35.5. The molecule has 0 aromatic rings. The SMILES string of the molecule is CC(C)(CCl)CNC(=O)CC1CCCO1. The average Bonchev–Trinajstić information content (AvgIpc) is 2.68. The summed E-state index contributed by atoms with van der Waals surface area (Å²) in [6.07, 6.45) is 2.69. The Morgan fingerprint density at radius 3 is 2.87 bits per heavy atom. The Morgan fingerprint density at radius 1 is 1.60 bits per heavy atom. The van der Waals surface area contributed by atoms with Crippen LogP contribution in [0.1, 0.15) is 33.1 Å². The van der Waals surface area contributed by atoms with E-state index < -0.39 is 0 Å². The second kappa shape index (κ2) is 5.71. The summed E-state index contributed by atoms with van der Waals surface area (Å²) >= 11 is 5.77. The lowest BCUT2D eigenvalue weighted by Crippen LogP contribution is -2.36. The normalized spacial score (nSPS) is 21.7. The molecule has 1 heterocycles. The summed E-state index contributed by atoms with van der Waals surface area (Å²) in [5.41, 5.74) is -0.0340. The lowest BCUT2D eigenvalue weighted by atomic mass is 9.96. The molecule has 1 N–H and O–H groups in total. The van der Waals surface area contributed by atoms with Gasteiger partial charge < -0.3 is 10.1 Å². The molecule has 4 heteroatoms. The highest BCUT2D eigenvalue weighted by Crippen LogP contribution is 2.17. The van der Waals surface area contributed by atoms with Gasteiger partial charge in [0.1, 0.15) is 0 Å². The third kappa shape index (κ3) is 4.85. The van der Waals surface area contributed by atoms with Gasteiger partial charge in [-0.15, -0.1) is 11.6 Å². The molecule has 0 saturated carbocycles. The number of ether oxygens (including phenoxy) is 1. The molecule has 1 aliphatic heterocycles. The van der Waals surface area contributed by atoms with E-state index in [0.717, 1.165) is 19.4 Å². The van der Waals surface area contributed by atoms with Crippen molar-refractivity contribution in [3.63, 3.8) is 0 Å². The van der Waals surface area contributed by atoms with Gasteiger partial charge in [-0.25, -0.2) is 0 Å². The zero-order chi connectivity index (χ0) is 11.3. The van der Waals surface area contributed by atoms with E-state index in [9.17, 15) is 4.79 Å².